The van der Waals surface area contributed by atoms with Gasteiger partial charge in [-0.3, -0.25) is 5.43 Å². The third-order valence-corrected chi connectivity index (χ3v) is 4.29. The second-order valence-corrected chi connectivity index (χ2v) is 5.77. The molecule has 24 heavy (non-hydrogen) atoms. The average Bonchev–Trinajstić information content (AvgIpc) is 2.96. The van der Waals surface area contributed by atoms with Crippen LogP contribution in [0.5, 0.6) is 0 Å². The molecule has 0 saturated carbocycles. The van der Waals surface area contributed by atoms with E-state index in [9.17, 15) is 0 Å². The highest BCUT2D eigenvalue weighted by molar-refractivity contribution is 6.09. The molecule has 3 aromatic carbocycles. The van der Waals surface area contributed by atoms with Crippen molar-refractivity contribution in [3.63, 3.8) is 0 Å². The van der Waals surface area contributed by atoms with Crippen molar-refractivity contribution < 1.29 is 0 Å². The molecule has 0 saturated heterocycles. The Morgan fingerprint density at radius 2 is 1.62 bits per heavy atom. The van der Waals surface area contributed by atoms with Crippen LogP contribution in [0.3, 0.4) is 0 Å². The van der Waals surface area contributed by atoms with Crippen molar-refractivity contribution in [1.82, 2.24) is 4.57 Å². The molecule has 0 spiro atoms. The number of rotatable bonds is 4. The number of fused-ring (bicyclic) bond motifs is 3. The van der Waals surface area contributed by atoms with Crippen molar-refractivity contribution in [3.8, 4) is 0 Å². The Morgan fingerprint density at radius 1 is 0.875 bits per heavy atom. The summed E-state index contributed by atoms with van der Waals surface area (Å²) in [5, 5.41) is 6.91. The summed E-state index contributed by atoms with van der Waals surface area (Å²) in [6.45, 7) is 3.15. The van der Waals surface area contributed by atoms with Crippen LogP contribution in [-0.4, -0.2) is 10.8 Å². The van der Waals surface area contributed by atoms with Crippen LogP contribution in [0.2, 0.25) is 0 Å². The van der Waals surface area contributed by atoms with E-state index in [4.69, 9.17) is 0 Å². The molecule has 0 radical (unpaired) electrons. The molecule has 0 bridgehead atoms. The molecule has 4 aromatic rings. The molecule has 0 fully saturated rings. The second-order valence-electron chi connectivity index (χ2n) is 5.77. The van der Waals surface area contributed by atoms with Gasteiger partial charge in [0, 0.05) is 28.4 Å². The lowest BCUT2D eigenvalue weighted by Gasteiger charge is -2.03. The third kappa shape index (κ3) is 2.54. The smallest absolute Gasteiger partial charge is 0.0561 e. The maximum absolute atomic E-state index is 4.34. The van der Waals surface area contributed by atoms with Crippen molar-refractivity contribution in [1.29, 1.82) is 0 Å². The highest BCUT2D eigenvalue weighted by atomic mass is 15.3. The van der Waals surface area contributed by atoms with E-state index in [1.165, 1.54) is 21.8 Å². The zero-order chi connectivity index (χ0) is 16.4. The SMILES string of the molecule is CCn1c2ccccc2c2cc(/C=N/Nc3ccccc3)ccc21. The summed E-state index contributed by atoms with van der Waals surface area (Å²) < 4.78 is 2.35. The molecule has 0 unspecified atom stereocenters. The zero-order valence-corrected chi connectivity index (χ0v) is 13.6. The van der Waals surface area contributed by atoms with Crippen LogP contribution in [0.1, 0.15) is 12.5 Å². The lowest BCUT2D eigenvalue weighted by atomic mass is 10.1. The van der Waals surface area contributed by atoms with Gasteiger partial charge in [0.1, 0.15) is 0 Å². The minimum Gasteiger partial charge on any atom is -0.341 e. The monoisotopic (exact) mass is 313 g/mol. The molecule has 4 rings (SSSR count). The van der Waals surface area contributed by atoms with Crippen molar-refractivity contribution in [3.05, 3.63) is 78.4 Å². The van der Waals surface area contributed by atoms with Crippen LogP contribution >= 0.6 is 0 Å². The number of hydrazone groups is 1. The van der Waals surface area contributed by atoms with Gasteiger partial charge in [0.2, 0.25) is 0 Å². The molecule has 118 valence electrons. The first-order valence-corrected chi connectivity index (χ1v) is 8.22. The van der Waals surface area contributed by atoms with Crippen LogP contribution in [0.15, 0.2) is 77.9 Å². The summed E-state index contributed by atoms with van der Waals surface area (Å²) in [5.41, 5.74) is 7.68. The van der Waals surface area contributed by atoms with Gasteiger partial charge in [0.25, 0.3) is 0 Å². The molecule has 0 aliphatic heterocycles. The summed E-state index contributed by atoms with van der Waals surface area (Å²) in [4.78, 5) is 0. The number of para-hydroxylation sites is 2. The number of hydrogen-bond acceptors (Lipinski definition) is 2. The first-order valence-electron chi connectivity index (χ1n) is 8.22. The second kappa shape index (κ2) is 6.20. The Labute approximate surface area is 141 Å². The van der Waals surface area contributed by atoms with Gasteiger partial charge >= 0.3 is 0 Å². The van der Waals surface area contributed by atoms with Crippen molar-refractivity contribution >= 4 is 33.7 Å². The quantitative estimate of drug-likeness (QED) is 0.404. The molecule has 0 atom stereocenters. The molecule has 3 nitrogen and oxygen atoms in total. The standard InChI is InChI=1S/C21H19N3/c1-2-24-20-11-7-6-10-18(20)19-14-16(12-13-21(19)24)15-22-23-17-8-4-3-5-9-17/h3-15,23H,2H2,1H3/b22-15+. The number of nitrogens with zero attached hydrogens (tertiary/aromatic N) is 2. The third-order valence-electron chi connectivity index (χ3n) is 4.29. The van der Waals surface area contributed by atoms with Crippen molar-refractivity contribution in [2.45, 2.75) is 13.5 Å². The maximum Gasteiger partial charge on any atom is 0.0561 e. The first-order chi connectivity index (χ1) is 11.9. The average molecular weight is 313 g/mol. The number of aryl methyl sites for hydroxylation is 1. The van der Waals surface area contributed by atoms with Crippen molar-refractivity contribution in [2.75, 3.05) is 5.43 Å². The van der Waals surface area contributed by atoms with E-state index < -0.39 is 0 Å². The zero-order valence-electron chi connectivity index (χ0n) is 13.6. The fourth-order valence-electron chi connectivity index (χ4n) is 3.19. The van der Waals surface area contributed by atoms with Crippen LogP contribution in [0.25, 0.3) is 21.8 Å². The fraction of sp³-hybridized carbons (Fsp3) is 0.0952. The molecular weight excluding hydrogens is 294 g/mol. The Bertz CT molecular complexity index is 1010. The van der Waals surface area contributed by atoms with Gasteiger partial charge in [0.05, 0.1) is 11.9 Å². The largest absolute Gasteiger partial charge is 0.341 e. The number of hydrogen-bond donors (Lipinski definition) is 1. The summed E-state index contributed by atoms with van der Waals surface area (Å²) in [6, 6.07) is 25.0. The van der Waals surface area contributed by atoms with Gasteiger partial charge in [-0.25, -0.2) is 0 Å². The molecule has 0 aliphatic carbocycles. The fourth-order valence-corrected chi connectivity index (χ4v) is 3.19. The van der Waals surface area contributed by atoms with Gasteiger partial charge in [0.15, 0.2) is 0 Å². The summed E-state index contributed by atoms with van der Waals surface area (Å²) in [5.74, 6) is 0. The lowest BCUT2D eigenvalue weighted by molar-refractivity contribution is 0.827. The summed E-state index contributed by atoms with van der Waals surface area (Å²) in [7, 11) is 0. The highest BCUT2D eigenvalue weighted by Gasteiger charge is 2.08. The van der Waals surface area contributed by atoms with Crippen LogP contribution in [-0.2, 0) is 6.54 Å². The minimum atomic E-state index is 0.965. The predicted octanol–water partition coefficient (Wildman–Crippen LogP) is 5.26. The predicted molar refractivity (Wildman–Crippen MR) is 103 cm³/mol. The van der Waals surface area contributed by atoms with E-state index in [2.05, 4.69) is 64.5 Å². The normalized spacial score (nSPS) is 11.5. The van der Waals surface area contributed by atoms with Crippen LogP contribution in [0.4, 0.5) is 5.69 Å². The molecule has 0 amide bonds. The first kappa shape index (κ1) is 14.5. The molecular formula is C21H19N3. The minimum absolute atomic E-state index is 0.965. The van der Waals surface area contributed by atoms with E-state index >= 15 is 0 Å². The van der Waals surface area contributed by atoms with Crippen molar-refractivity contribution in [2.24, 2.45) is 5.10 Å². The van der Waals surface area contributed by atoms with Gasteiger partial charge in [-0.1, -0.05) is 42.5 Å². The number of nitrogens with one attached hydrogen (secondary N) is 1. The maximum atomic E-state index is 4.34. The van der Waals surface area contributed by atoms with Crippen LogP contribution < -0.4 is 5.43 Å². The van der Waals surface area contributed by atoms with Gasteiger partial charge in [-0.15, -0.1) is 0 Å². The lowest BCUT2D eigenvalue weighted by Crippen LogP contribution is -1.93. The van der Waals surface area contributed by atoms with E-state index in [-0.39, 0.29) is 0 Å². The highest BCUT2D eigenvalue weighted by Crippen LogP contribution is 2.29. The van der Waals surface area contributed by atoms with E-state index in [0.29, 0.717) is 0 Å². The van der Waals surface area contributed by atoms with Gasteiger partial charge in [-0.2, -0.15) is 5.10 Å². The number of benzene rings is 3. The molecule has 0 aliphatic rings. The summed E-state index contributed by atoms with van der Waals surface area (Å²) >= 11 is 0. The number of aromatic nitrogens is 1. The topological polar surface area (TPSA) is 29.3 Å². The molecule has 1 heterocycles. The molecule has 1 aromatic heterocycles. The Hall–Kier alpha value is -3.07. The van der Waals surface area contributed by atoms with E-state index in [0.717, 1.165) is 17.8 Å². The Morgan fingerprint density at radius 3 is 2.46 bits per heavy atom. The van der Waals surface area contributed by atoms with E-state index in [1.807, 2.05) is 36.5 Å². The molecule has 3 heteroatoms. The summed E-state index contributed by atoms with van der Waals surface area (Å²) in [6.07, 6.45) is 1.87. The van der Waals surface area contributed by atoms with Gasteiger partial charge < -0.3 is 4.57 Å². The van der Waals surface area contributed by atoms with E-state index in [1.54, 1.807) is 0 Å². The number of anilines is 1. The van der Waals surface area contributed by atoms with Crippen LogP contribution in [0, 0.1) is 0 Å². The molecule has 1 N–H and O–H groups in total. The Kier molecular flexibility index (Phi) is 3.75. The Balaban J connectivity index is 1.72. The van der Waals surface area contributed by atoms with Gasteiger partial charge in [-0.05, 0) is 42.8 Å².